The summed E-state index contributed by atoms with van der Waals surface area (Å²) in [6.07, 6.45) is -0.473. The zero-order valence-corrected chi connectivity index (χ0v) is 10.8. The summed E-state index contributed by atoms with van der Waals surface area (Å²) in [6, 6.07) is 1.82. The molecule has 9 heteroatoms. The number of nitrogens with zero attached hydrogens (tertiary/aromatic N) is 1. The maximum Gasteiger partial charge on any atom is 0.351 e. The molecule has 0 spiro atoms. The molecule has 0 aromatic heterocycles. The van der Waals surface area contributed by atoms with Crippen molar-refractivity contribution in [1.82, 2.24) is 0 Å². The van der Waals surface area contributed by atoms with E-state index in [0.717, 1.165) is 12.1 Å². The second kappa shape index (κ2) is 6.75. The van der Waals surface area contributed by atoms with Crippen molar-refractivity contribution in [3.63, 3.8) is 0 Å². The minimum absolute atomic E-state index is 0.155. The number of benzene rings is 1. The van der Waals surface area contributed by atoms with Crippen LogP contribution < -0.4 is 5.73 Å². The van der Waals surface area contributed by atoms with E-state index in [9.17, 15) is 18.9 Å². The summed E-state index contributed by atoms with van der Waals surface area (Å²) in [7, 11) is 0. The van der Waals surface area contributed by atoms with Crippen molar-refractivity contribution < 1.29 is 34.3 Å². The minimum Gasteiger partial charge on any atom is -0.481 e. The van der Waals surface area contributed by atoms with Gasteiger partial charge in [-0.3, -0.25) is 9.59 Å². The average Bonchev–Trinajstić information content (AvgIpc) is 2.37. The van der Waals surface area contributed by atoms with Crippen LogP contribution in [0.4, 0.5) is 10.1 Å². The molecule has 2 unspecified atom stereocenters. The van der Waals surface area contributed by atoms with Crippen LogP contribution in [0.25, 0.3) is 0 Å². The molecule has 0 amide bonds. The fourth-order valence-corrected chi connectivity index (χ4v) is 1.80. The molecule has 1 aromatic carbocycles. The molecule has 114 valence electrons. The van der Waals surface area contributed by atoms with Crippen molar-refractivity contribution in [2.75, 3.05) is 0 Å². The van der Waals surface area contributed by atoms with Gasteiger partial charge >= 0.3 is 17.6 Å². The topological polar surface area (TPSA) is 141 Å². The van der Waals surface area contributed by atoms with Gasteiger partial charge in [-0.25, -0.2) is 5.21 Å². The molecule has 2 atom stereocenters. The SMILES string of the molecule is NC(CC(Cc1ccc([N+](=O)O)c(F)c1)C(=O)O)C(=O)O. The van der Waals surface area contributed by atoms with E-state index in [0.29, 0.717) is 0 Å². The highest BCUT2D eigenvalue weighted by molar-refractivity contribution is 5.76. The van der Waals surface area contributed by atoms with Crippen LogP contribution in [0.3, 0.4) is 0 Å². The summed E-state index contributed by atoms with van der Waals surface area (Å²) in [5, 5.41) is 26.3. The number of carbonyl (C=O) groups is 2. The first-order valence-electron chi connectivity index (χ1n) is 5.88. The van der Waals surface area contributed by atoms with E-state index in [1.54, 1.807) is 0 Å². The van der Waals surface area contributed by atoms with Crippen LogP contribution >= 0.6 is 0 Å². The molecule has 0 aliphatic rings. The van der Waals surface area contributed by atoms with Gasteiger partial charge in [0.15, 0.2) is 0 Å². The maximum absolute atomic E-state index is 13.5. The average molecular weight is 301 g/mol. The van der Waals surface area contributed by atoms with Gasteiger partial charge in [-0.1, -0.05) is 6.07 Å². The second-order valence-electron chi connectivity index (χ2n) is 4.48. The van der Waals surface area contributed by atoms with Gasteiger partial charge in [0.05, 0.1) is 10.8 Å². The van der Waals surface area contributed by atoms with Crippen molar-refractivity contribution in [1.29, 1.82) is 0 Å². The molecule has 1 aromatic rings. The summed E-state index contributed by atoms with van der Waals surface area (Å²) in [6.45, 7) is 0. The van der Waals surface area contributed by atoms with Gasteiger partial charge in [0, 0.05) is 6.07 Å². The monoisotopic (exact) mass is 301 g/mol. The number of nitrogens with two attached hydrogens (primary N) is 1. The molecule has 0 radical (unpaired) electrons. The third-order valence-corrected chi connectivity index (χ3v) is 2.91. The van der Waals surface area contributed by atoms with Crippen LogP contribution in [0.2, 0.25) is 0 Å². The maximum atomic E-state index is 13.5. The predicted molar refractivity (Wildman–Crippen MR) is 66.5 cm³/mol. The quantitative estimate of drug-likeness (QED) is 0.542. The zero-order chi connectivity index (χ0) is 16.2. The first kappa shape index (κ1) is 16.5. The highest BCUT2D eigenvalue weighted by Gasteiger charge is 2.26. The molecule has 0 saturated carbocycles. The third kappa shape index (κ3) is 4.49. The molecule has 0 saturated heterocycles. The van der Waals surface area contributed by atoms with E-state index in [2.05, 4.69) is 0 Å². The molecule has 0 bridgehead atoms. The van der Waals surface area contributed by atoms with Crippen molar-refractivity contribution in [2.24, 2.45) is 11.7 Å². The van der Waals surface area contributed by atoms with Crippen molar-refractivity contribution in [2.45, 2.75) is 18.9 Å². The number of halogens is 1. The van der Waals surface area contributed by atoms with Crippen molar-refractivity contribution in [3.8, 4) is 0 Å². The summed E-state index contributed by atoms with van der Waals surface area (Å²) >= 11 is 0. The Balaban J connectivity index is 2.90. The lowest BCUT2D eigenvalue weighted by molar-refractivity contribution is -0.730. The van der Waals surface area contributed by atoms with Gasteiger partial charge in [-0.05, 0) is 24.5 Å². The molecule has 0 aliphatic heterocycles. The van der Waals surface area contributed by atoms with E-state index in [-0.39, 0.29) is 18.4 Å². The smallest absolute Gasteiger partial charge is 0.351 e. The Morgan fingerprint density at radius 1 is 1.29 bits per heavy atom. The van der Waals surface area contributed by atoms with Gasteiger partial charge in [-0.2, -0.15) is 4.39 Å². The minimum atomic E-state index is -1.34. The first-order chi connectivity index (χ1) is 9.72. The molecule has 1 rings (SSSR count). The van der Waals surface area contributed by atoms with Crippen LogP contribution in [-0.2, 0) is 16.0 Å². The van der Waals surface area contributed by atoms with Crippen molar-refractivity contribution in [3.05, 3.63) is 34.5 Å². The van der Waals surface area contributed by atoms with E-state index in [1.165, 1.54) is 6.07 Å². The Hall–Kier alpha value is -2.55. The van der Waals surface area contributed by atoms with Crippen LogP contribution in [0.1, 0.15) is 12.0 Å². The van der Waals surface area contributed by atoms with E-state index < -0.39 is 40.3 Å². The normalized spacial score (nSPS) is 13.4. The lowest BCUT2D eigenvalue weighted by Crippen LogP contribution is -2.35. The molecular formula is C12H14FN2O6+. The van der Waals surface area contributed by atoms with Crippen LogP contribution in [-0.4, -0.2) is 38.3 Å². The van der Waals surface area contributed by atoms with E-state index >= 15 is 0 Å². The Kier molecular flexibility index (Phi) is 5.30. The first-order valence-corrected chi connectivity index (χ1v) is 5.88. The number of rotatable bonds is 7. The second-order valence-corrected chi connectivity index (χ2v) is 4.48. The number of hydrogen-bond donors (Lipinski definition) is 4. The number of aliphatic carboxylic acids is 2. The third-order valence-electron chi connectivity index (χ3n) is 2.91. The number of hydrogen-bond acceptors (Lipinski definition) is 4. The summed E-state index contributed by atoms with van der Waals surface area (Å²) in [5.74, 6) is -4.72. The van der Waals surface area contributed by atoms with Gasteiger partial charge < -0.3 is 15.9 Å². The van der Waals surface area contributed by atoms with Gasteiger partial charge in [-0.15, -0.1) is 0 Å². The fourth-order valence-electron chi connectivity index (χ4n) is 1.80. The van der Waals surface area contributed by atoms with Crippen LogP contribution in [0.5, 0.6) is 0 Å². The summed E-state index contributed by atoms with van der Waals surface area (Å²) < 4.78 is 13.5. The fraction of sp³-hybridized carbons (Fsp3) is 0.333. The summed E-state index contributed by atoms with van der Waals surface area (Å²) in [5.41, 5.74) is 4.92. The summed E-state index contributed by atoms with van der Waals surface area (Å²) in [4.78, 5) is 31.7. The predicted octanol–water partition coefficient (Wildman–Crippen LogP) is 0.671. The van der Waals surface area contributed by atoms with Gasteiger partial charge in [0.1, 0.15) is 6.04 Å². The highest BCUT2D eigenvalue weighted by Crippen LogP contribution is 2.21. The molecule has 0 fully saturated rings. The van der Waals surface area contributed by atoms with Crippen molar-refractivity contribution >= 4 is 17.6 Å². The lowest BCUT2D eigenvalue weighted by atomic mass is 9.93. The Morgan fingerprint density at radius 2 is 1.90 bits per heavy atom. The Bertz CT molecular complexity index is 577. The molecule has 0 aliphatic carbocycles. The lowest BCUT2D eigenvalue weighted by Gasteiger charge is -2.14. The molecule has 8 nitrogen and oxygen atoms in total. The van der Waals surface area contributed by atoms with E-state index in [4.69, 9.17) is 21.2 Å². The molecule has 21 heavy (non-hydrogen) atoms. The van der Waals surface area contributed by atoms with Gasteiger partial charge in [0.25, 0.3) is 4.92 Å². The Morgan fingerprint density at radius 3 is 2.33 bits per heavy atom. The standard InChI is InChI=1S/C12H13FN2O6/c13-8-4-6(1-2-10(8)15(20)21)3-7(11(16)17)5-9(14)12(18)19/h1-2,4,7,9H,3,5,14H2,(H2-,16,17,18,19,20,21)/p+1. The number of carboxylic acids is 2. The zero-order valence-electron chi connectivity index (χ0n) is 10.8. The highest BCUT2D eigenvalue weighted by atomic mass is 19.1. The van der Waals surface area contributed by atoms with Crippen LogP contribution in [0.15, 0.2) is 18.2 Å². The largest absolute Gasteiger partial charge is 0.481 e. The molecule has 5 N–H and O–H groups in total. The number of carboxylic acid groups (broad SMARTS) is 2. The van der Waals surface area contributed by atoms with Gasteiger partial charge in [0.2, 0.25) is 5.82 Å². The molecular weight excluding hydrogens is 287 g/mol. The van der Waals surface area contributed by atoms with Crippen LogP contribution in [0, 0.1) is 16.6 Å². The van der Waals surface area contributed by atoms with E-state index in [1.807, 2.05) is 0 Å². The molecule has 0 heterocycles. The Labute approximate surface area is 118 Å².